The maximum Gasteiger partial charge on any atom is 0.273 e. The standard InChI is InChI=1S/C11H16N2O4S/c1-13-5-4-9(7-13)6-12-18(15,16)11-3-2-10(8-14)17-11/h2-3,8-9,12H,4-7H2,1H3. The molecule has 1 aromatic heterocycles. The molecule has 100 valence electrons. The molecule has 0 spiro atoms. The Balaban J connectivity index is 1.97. The van der Waals surface area contributed by atoms with Gasteiger partial charge in [-0.05, 0) is 38.1 Å². The lowest BCUT2D eigenvalue weighted by atomic mass is 10.1. The Hall–Kier alpha value is -1.18. The average Bonchev–Trinajstić information content (AvgIpc) is 2.95. The third-order valence-corrected chi connectivity index (χ3v) is 4.33. The highest BCUT2D eigenvalue weighted by atomic mass is 32.2. The molecule has 7 heteroatoms. The number of carbonyl (C=O) groups excluding carboxylic acids is 1. The van der Waals surface area contributed by atoms with Crippen LogP contribution in [0.25, 0.3) is 0 Å². The molecule has 1 aliphatic heterocycles. The molecule has 2 heterocycles. The number of sulfonamides is 1. The van der Waals surface area contributed by atoms with Gasteiger partial charge in [0.1, 0.15) is 0 Å². The number of furan rings is 1. The number of carbonyl (C=O) groups is 1. The van der Waals surface area contributed by atoms with E-state index in [0.29, 0.717) is 18.7 Å². The maximum absolute atomic E-state index is 11.9. The van der Waals surface area contributed by atoms with Crippen molar-refractivity contribution >= 4 is 16.3 Å². The third-order valence-electron chi connectivity index (χ3n) is 3.03. The second-order valence-corrected chi connectivity index (χ2v) is 6.24. The summed E-state index contributed by atoms with van der Waals surface area (Å²) in [7, 11) is -1.64. The number of aldehydes is 1. The van der Waals surface area contributed by atoms with Crippen molar-refractivity contribution in [3.63, 3.8) is 0 Å². The summed E-state index contributed by atoms with van der Waals surface area (Å²) in [5, 5.41) is -0.212. The predicted octanol–water partition coefficient (Wildman–Crippen LogP) is 0.322. The Morgan fingerprint density at radius 3 is 2.89 bits per heavy atom. The summed E-state index contributed by atoms with van der Waals surface area (Å²) in [6, 6.07) is 2.62. The lowest BCUT2D eigenvalue weighted by Gasteiger charge is -2.10. The van der Waals surface area contributed by atoms with Gasteiger partial charge >= 0.3 is 0 Å². The fraction of sp³-hybridized carbons (Fsp3) is 0.545. The SMILES string of the molecule is CN1CCC(CNS(=O)(=O)c2ccc(C=O)o2)C1. The van der Waals surface area contributed by atoms with Crippen molar-refractivity contribution in [1.82, 2.24) is 9.62 Å². The summed E-state index contributed by atoms with van der Waals surface area (Å²) >= 11 is 0. The van der Waals surface area contributed by atoms with Gasteiger partial charge in [-0.25, -0.2) is 13.1 Å². The van der Waals surface area contributed by atoms with Crippen molar-refractivity contribution < 1.29 is 17.6 Å². The number of hydrogen-bond donors (Lipinski definition) is 1. The Morgan fingerprint density at radius 2 is 2.33 bits per heavy atom. The molecular formula is C11H16N2O4S. The quantitative estimate of drug-likeness (QED) is 0.781. The lowest BCUT2D eigenvalue weighted by molar-refractivity contribution is 0.109. The van der Waals surface area contributed by atoms with Crippen molar-refractivity contribution in [3.05, 3.63) is 17.9 Å². The minimum absolute atomic E-state index is 0.0102. The van der Waals surface area contributed by atoms with Crippen molar-refractivity contribution in [2.45, 2.75) is 11.5 Å². The Morgan fingerprint density at radius 1 is 1.56 bits per heavy atom. The molecule has 2 rings (SSSR count). The van der Waals surface area contributed by atoms with Gasteiger partial charge in [-0.15, -0.1) is 0 Å². The van der Waals surface area contributed by atoms with Crippen LogP contribution in [0, 0.1) is 5.92 Å². The molecule has 1 aromatic rings. The van der Waals surface area contributed by atoms with E-state index in [4.69, 9.17) is 4.42 Å². The minimum Gasteiger partial charge on any atom is -0.440 e. The van der Waals surface area contributed by atoms with Crippen LogP contribution in [0.3, 0.4) is 0 Å². The summed E-state index contributed by atoms with van der Waals surface area (Å²) in [5.74, 6) is 0.334. The molecule has 18 heavy (non-hydrogen) atoms. The Labute approximate surface area is 106 Å². The van der Waals surface area contributed by atoms with Gasteiger partial charge in [0.25, 0.3) is 10.0 Å². The van der Waals surface area contributed by atoms with Gasteiger partial charge in [-0.1, -0.05) is 0 Å². The third kappa shape index (κ3) is 2.98. The number of nitrogens with zero attached hydrogens (tertiary/aromatic N) is 1. The first kappa shape index (κ1) is 13.3. The van der Waals surface area contributed by atoms with E-state index >= 15 is 0 Å². The molecule has 0 bridgehead atoms. The minimum atomic E-state index is -3.65. The zero-order valence-electron chi connectivity index (χ0n) is 10.1. The van der Waals surface area contributed by atoms with E-state index in [0.717, 1.165) is 19.5 Å². The number of hydrogen-bond acceptors (Lipinski definition) is 5. The van der Waals surface area contributed by atoms with Crippen molar-refractivity contribution in [1.29, 1.82) is 0 Å². The average molecular weight is 272 g/mol. The van der Waals surface area contributed by atoms with E-state index < -0.39 is 10.0 Å². The summed E-state index contributed by atoms with van der Waals surface area (Å²) in [6.07, 6.45) is 1.46. The molecular weight excluding hydrogens is 256 g/mol. The summed E-state index contributed by atoms with van der Waals surface area (Å²) < 4.78 is 31.1. The van der Waals surface area contributed by atoms with Crippen LogP contribution < -0.4 is 4.72 Å². The number of nitrogens with one attached hydrogen (secondary N) is 1. The molecule has 1 aliphatic rings. The van der Waals surface area contributed by atoms with Gasteiger partial charge < -0.3 is 9.32 Å². The normalized spacial score (nSPS) is 21.3. The highest BCUT2D eigenvalue weighted by Gasteiger charge is 2.24. The lowest BCUT2D eigenvalue weighted by Crippen LogP contribution is -2.30. The number of rotatable bonds is 5. The Kier molecular flexibility index (Phi) is 3.84. The molecule has 0 radical (unpaired) electrons. The van der Waals surface area contributed by atoms with Crippen LogP contribution in [-0.4, -0.2) is 46.3 Å². The van der Waals surface area contributed by atoms with E-state index in [9.17, 15) is 13.2 Å². The van der Waals surface area contributed by atoms with Gasteiger partial charge in [0.2, 0.25) is 5.09 Å². The second-order valence-electron chi connectivity index (χ2n) is 4.54. The topological polar surface area (TPSA) is 79.6 Å². The van der Waals surface area contributed by atoms with Crippen molar-refractivity contribution in [2.24, 2.45) is 5.92 Å². The van der Waals surface area contributed by atoms with E-state index in [1.165, 1.54) is 12.1 Å². The van der Waals surface area contributed by atoms with Gasteiger partial charge in [0.15, 0.2) is 12.0 Å². The Bertz CT molecular complexity index is 523. The first-order valence-electron chi connectivity index (χ1n) is 5.74. The molecule has 1 unspecified atom stereocenters. The van der Waals surface area contributed by atoms with Crippen molar-refractivity contribution in [3.8, 4) is 0 Å². The van der Waals surface area contributed by atoms with Crippen LogP contribution in [0.2, 0.25) is 0 Å². The first-order valence-corrected chi connectivity index (χ1v) is 7.23. The molecule has 0 amide bonds. The van der Waals surface area contributed by atoms with Gasteiger partial charge in [0, 0.05) is 13.1 Å². The molecule has 0 saturated carbocycles. The molecule has 6 nitrogen and oxygen atoms in total. The zero-order chi connectivity index (χ0) is 13.2. The molecule has 1 atom stereocenters. The van der Waals surface area contributed by atoms with Crippen LogP contribution in [0.1, 0.15) is 17.0 Å². The van der Waals surface area contributed by atoms with E-state index in [-0.39, 0.29) is 10.9 Å². The van der Waals surface area contributed by atoms with Gasteiger partial charge in [-0.2, -0.15) is 0 Å². The largest absolute Gasteiger partial charge is 0.440 e. The molecule has 1 N–H and O–H groups in total. The molecule has 0 aromatic carbocycles. The molecule has 1 fully saturated rings. The molecule has 0 aliphatic carbocycles. The van der Waals surface area contributed by atoms with E-state index in [1.807, 2.05) is 7.05 Å². The van der Waals surface area contributed by atoms with Crippen LogP contribution in [0.4, 0.5) is 0 Å². The summed E-state index contributed by atoms with van der Waals surface area (Å²) in [4.78, 5) is 12.6. The predicted molar refractivity (Wildman–Crippen MR) is 64.9 cm³/mol. The fourth-order valence-electron chi connectivity index (χ4n) is 2.03. The molecule has 1 saturated heterocycles. The number of likely N-dealkylation sites (tertiary alicyclic amines) is 1. The van der Waals surface area contributed by atoms with E-state index in [2.05, 4.69) is 9.62 Å². The van der Waals surface area contributed by atoms with E-state index in [1.54, 1.807) is 0 Å². The smallest absolute Gasteiger partial charge is 0.273 e. The van der Waals surface area contributed by atoms with Gasteiger partial charge in [0.05, 0.1) is 0 Å². The van der Waals surface area contributed by atoms with Crippen LogP contribution in [-0.2, 0) is 10.0 Å². The van der Waals surface area contributed by atoms with Crippen LogP contribution >= 0.6 is 0 Å². The second kappa shape index (κ2) is 5.21. The highest BCUT2D eigenvalue weighted by Crippen LogP contribution is 2.16. The first-order chi connectivity index (χ1) is 8.51. The maximum atomic E-state index is 11.9. The van der Waals surface area contributed by atoms with Crippen molar-refractivity contribution in [2.75, 3.05) is 26.7 Å². The monoisotopic (exact) mass is 272 g/mol. The zero-order valence-corrected chi connectivity index (χ0v) is 10.9. The highest BCUT2D eigenvalue weighted by molar-refractivity contribution is 7.89. The van der Waals surface area contributed by atoms with Crippen LogP contribution in [0.15, 0.2) is 21.6 Å². The summed E-state index contributed by atoms with van der Waals surface area (Å²) in [5.41, 5.74) is 0. The van der Waals surface area contributed by atoms with Crippen LogP contribution in [0.5, 0.6) is 0 Å². The summed E-state index contributed by atoms with van der Waals surface area (Å²) in [6.45, 7) is 2.27. The fourth-order valence-corrected chi connectivity index (χ4v) is 3.08. The van der Waals surface area contributed by atoms with Gasteiger partial charge in [-0.3, -0.25) is 4.79 Å².